The van der Waals surface area contributed by atoms with Gasteiger partial charge >= 0.3 is 0 Å². The number of benzene rings is 2. The third-order valence-corrected chi connectivity index (χ3v) is 6.50. The SMILES string of the molecule is O=C(NCC(c1ccccc1)S(=O)(=O)c1ccc(F)cc1)c1cscn1. The molecule has 0 aliphatic carbocycles. The Kier molecular flexibility index (Phi) is 5.43. The molecule has 0 radical (unpaired) electrons. The van der Waals surface area contributed by atoms with Crippen molar-refractivity contribution in [3.8, 4) is 0 Å². The van der Waals surface area contributed by atoms with Crippen molar-refractivity contribution in [1.29, 1.82) is 0 Å². The Hall–Kier alpha value is -2.58. The summed E-state index contributed by atoms with van der Waals surface area (Å²) in [7, 11) is -3.83. The molecular weight excluding hydrogens is 375 g/mol. The zero-order valence-corrected chi connectivity index (χ0v) is 15.1. The molecule has 134 valence electrons. The van der Waals surface area contributed by atoms with Crippen molar-refractivity contribution in [3.05, 3.63) is 82.6 Å². The second-order valence-corrected chi connectivity index (χ2v) is 8.33. The second-order valence-electron chi connectivity index (χ2n) is 5.48. The summed E-state index contributed by atoms with van der Waals surface area (Å²) in [5.74, 6) is -0.960. The Morgan fingerprint density at radius 2 is 1.81 bits per heavy atom. The molecule has 1 amide bonds. The zero-order valence-electron chi connectivity index (χ0n) is 13.5. The Bertz CT molecular complexity index is 973. The first kappa shape index (κ1) is 18.2. The lowest BCUT2D eigenvalue weighted by atomic mass is 10.1. The van der Waals surface area contributed by atoms with Crippen molar-refractivity contribution in [3.63, 3.8) is 0 Å². The van der Waals surface area contributed by atoms with Gasteiger partial charge in [0.2, 0.25) is 0 Å². The van der Waals surface area contributed by atoms with Gasteiger partial charge in [0, 0.05) is 11.9 Å². The van der Waals surface area contributed by atoms with Crippen LogP contribution in [0.3, 0.4) is 0 Å². The fourth-order valence-corrected chi connectivity index (χ4v) is 4.66. The lowest BCUT2D eigenvalue weighted by Crippen LogP contribution is -2.32. The van der Waals surface area contributed by atoms with Crippen LogP contribution in [-0.4, -0.2) is 25.9 Å². The van der Waals surface area contributed by atoms with E-state index in [1.807, 2.05) is 0 Å². The first-order valence-corrected chi connectivity index (χ1v) is 10.2. The molecule has 0 aliphatic rings. The van der Waals surface area contributed by atoms with E-state index in [0.717, 1.165) is 12.1 Å². The number of hydrogen-bond donors (Lipinski definition) is 1. The maximum absolute atomic E-state index is 13.2. The minimum absolute atomic E-state index is 0.00402. The first-order valence-electron chi connectivity index (χ1n) is 7.69. The molecule has 8 heteroatoms. The average Bonchev–Trinajstić information content (AvgIpc) is 3.17. The minimum Gasteiger partial charge on any atom is -0.349 e. The van der Waals surface area contributed by atoms with Gasteiger partial charge < -0.3 is 5.32 Å². The molecule has 2 aromatic carbocycles. The van der Waals surface area contributed by atoms with Crippen molar-refractivity contribution in [2.75, 3.05) is 6.54 Å². The zero-order chi connectivity index (χ0) is 18.6. The highest BCUT2D eigenvalue weighted by atomic mass is 32.2. The largest absolute Gasteiger partial charge is 0.349 e. The molecule has 0 fully saturated rings. The molecule has 0 spiro atoms. The van der Waals surface area contributed by atoms with E-state index in [0.29, 0.717) is 5.56 Å². The standard InChI is InChI=1S/C18H15FN2O3S2/c19-14-6-8-15(9-7-14)26(23,24)17(13-4-2-1-3-5-13)10-20-18(22)16-11-25-12-21-16/h1-9,11-12,17H,10H2,(H,20,22). The Balaban J connectivity index is 1.91. The van der Waals surface area contributed by atoms with Crippen molar-refractivity contribution in [2.45, 2.75) is 10.1 Å². The molecular formula is C18H15FN2O3S2. The highest BCUT2D eigenvalue weighted by molar-refractivity contribution is 7.91. The van der Waals surface area contributed by atoms with E-state index in [2.05, 4.69) is 10.3 Å². The van der Waals surface area contributed by atoms with Crippen LogP contribution in [0.2, 0.25) is 0 Å². The molecule has 0 saturated carbocycles. The van der Waals surface area contributed by atoms with Gasteiger partial charge in [0.25, 0.3) is 5.91 Å². The predicted molar refractivity (Wildman–Crippen MR) is 97.2 cm³/mol. The van der Waals surface area contributed by atoms with E-state index in [1.54, 1.807) is 35.7 Å². The van der Waals surface area contributed by atoms with Gasteiger partial charge in [0.15, 0.2) is 9.84 Å². The van der Waals surface area contributed by atoms with Crippen LogP contribution in [0.1, 0.15) is 21.3 Å². The smallest absolute Gasteiger partial charge is 0.270 e. The quantitative estimate of drug-likeness (QED) is 0.656. The monoisotopic (exact) mass is 390 g/mol. The van der Waals surface area contributed by atoms with Crippen LogP contribution < -0.4 is 5.32 Å². The molecule has 5 nitrogen and oxygen atoms in total. The highest BCUT2D eigenvalue weighted by Gasteiger charge is 2.29. The fourth-order valence-electron chi connectivity index (χ4n) is 2.46. The van der Waals surface area contributed by atoms with E-state index < -0.39 is 26.8 Å². The van der Waals surface area contributed by atoms with Crippen LogP contribution in [-0.2, 0) is 9.84 Å². The topological polar surface area (TPSA) is 76.1 Å². The maximum Gasteiger partial charge on any atom is 0.270 e. The summed E-state index contributed by atoms with van der Waals surface area (Å²) in [4.78, 5) is 16.0. The molecule has 1 aromatic heterocycles. The molecule has 26 heavy (non-hydrogen) atoms. The lowest BCUT2D eigenvalue weighted by molar-refractivity contribution is 0.0949. The van der Waals surface area contributed by atoms with Crippen LogP contribution in [0.25, 0.3) is 0 Å². The Morgan fingerprint density at radius 1 is 1.12 bits per heavy atom. The van der Waals surface area contributed by atoms with Crippen molar-refractivity contribution >= 4 is 27.1 Å². The first-order chi connectivity index (χ1) is 12.5. The number of aromatic nitrogens is 1. The number of thiazole rings is 1. The molecule has 3 rings (SSSR count). The van der Waals surface area contributed by atoms with Crippen molar-refractivity contribution < 1.29 is 17.6 Å². The number of nitrogens with one attached hydrogen (secondary N) is 1. The van der Waals surface area contributed by atoms with Gasteiger partial charge in [0.1, 0.15) is 16.8 Å². The summed E-state index contributed by atoms with van der Waals surface area (Å²) in [5, 5.41) is 3.20. The minimum atomic E-state index is -3.83. The second kappa shape index (κ2) is 7.76. The number of halogens is 1. The van der Waals surface area contributed by atoms with Gasteiger partial charge in [-0.15, -0.1) is 11.3 Å². The number of carbonyl (C=O) groups is 1. The van der Waals surface area contributed by atoms with Gasteiger partial charge in [0.05, 0.1) is 10.4 Å². The summed E-state index contributed by atoms with van der Waals surface area (Å²) in [6, 6.07) is 13.2. The van der Waals surface area contributed by atoms with Crippen molar-refractivity contribution in [2.24, 2.45) is 0 Å². The van der Waals surface area contributed by atoms with Crippen LogP contribution in [0.15, 0.2) is 70.4 Å². The van der Waals surface area contributed by atoms with Gasteiger partial charge in [-0.25, -0.2) is 17.8 Å². The number of sulfone groups is 1. The number of nitrogens with zero attached hydrogens (tertiary/aromatic N) is 1. The molecule has 3 aromatic rings. The highest BCUT2D eigenvalue weighted by Crippen LogP contribution is 2.28. The Labute approximate surface area is 154 Å². The normalized spacial score (nSPS) is 12.5. The van der Waals surface area contributed by atoms with Gasteiger partial charge in [-0.1, -0.05) is 30.3 Å². The van der Waals surface area contributed by atoms with E-state index in [4.69, 9.17) is 0 Å². The fraction of sp³-hybridized carbons (Fsp3) is 0.111. The summed E-state index contributed by atoms with van der Waals surface area (Å²) in [5.41, 5.74) is 2.30. The molecule has 0 saturated heterocycles. The van der Waals surface area contributed by atoms with Gasteiger partial charge in [-0.05, 0) is 29.8 Å². The lowest BCUT2D eigenvalue weighted by Gasteiger charge is -2.19. The molecule has 1 unspecified atom stereocenters. The molecule has 1 atom stereocenters. The number of carbonyl (C=O) groups excluding carboxylic acids is 1. The van der Waals surface area contributed by atoms with Crippen LogP contribution in [0.4, 0.5) is 4.39 Å². The number of hydrogen-bond acceptors (Lipinski definition) is 5. The van der Waals surface area contributed by atoms with Gasteiger partial charge in [-0.2, -0.15) is 0 Å². The van der Waals surface area contributed by atoms with E-state index >= 15 is 0 Å². The third kappa shape index (κ3) is 3.97. The molecule has 1 N–H and O–H groups in total. The molecule has 0 aliphatic heterocycles. The van der Waals surface area contributed by atoms with Gasteiger partial charge in [-0.3, -0.25) is 4.79 Å². The molecule has 1 heterocycles. The summed E-state index contributed by atoms with van der Waals surface area (Å²) in [6.07, 6.45) is 0. The number of amides is 1. The van der Waals surface area contributed by atoms with E-state index in [1.165, 1.54) is 29.0 Å². The summed E-state index contributed by atoms with van der Waals surface area (Å²) < 4.78 is 39.3. The Morgan fingerprint density at radius 3 is 2.42 bits per heavy atom. The van der Waals surface area contributed by atoms with Crippen LogP contribution in [0, 0.1) is 5.82 Å². The third-order valence-electron chi connectivity index (χ3n) is 3.80. The predicted octanol–water partition coefficient (Wildman–Crippen LogP) is 3.23. The maximum atomic E-state index is 13.2. The number of rotatable bonds is 6. The summed E-state index contributed by atoms with van der Waals surface area (Å²) in [6.45, 7) is -0.125. The van der Waals surface area contributed by atoms with Crippen LogP contribution in [0.5, 0.6) is 0 Å². The van der Waals surface area contributed by atoms with E-state index in [9.17, 15) is 17.6 Å². The van der Waals surface area contributed by atoms with Crippen LogP contribution >= 0.6 is 11.3 Å². The average molecular weight is 390 g/mol. The van der Waals surface area contributed by atoms with E-state index in [-0.39, 0.29) is 17.1 Å². The summed E-state index contributed by atoms with van der Waals surface area (Å²) >= 11 is 1.28. The van der Waals surface area contributed by atoms with Crippen molar-refractivity contribution in [1.82, 2.24) is 10.3 Å². The molecule has 0 bridgehead atoms.